The summed E-state index contributed by atoms with van der Waals surface area (Å²) in [5.41, 5.74) is 1.76. The van der Waals surface area contributed by atoms with Crippen molar-refractivity contribution in [2.45, 2.75) is 31.6 Å². The number of halogens is 1. The first-order valence-corrected chi connectivity index (χ1v) is 8.68. The zero-order valence-corrected chi connectivity index (χ0v) is 13.8. The van der Waals surface area contributed by atoms with Crippen LogP contribution in [0.3, 0.4) is 0 Å². The molecule has 0 heterocycles. The fourth-order valence-electron chi connectivity index (χ4n) is 2.25. The Labute approximate surface area is 131 Å². The summed E-state index contributed by atoms with van der Waals surface area (Å²) in [5, 5.41) is 0. The van der Waals surface area contributed by atoms with Crippen LogP contribution in [0.5, 0.6) is 0 Å². The van der Waals surface area contributed by atoms with Crippen LogP contribution < -0.4 is 4.31 Å². The molecule has 0 radical (unpaired) electrons. The van der Waals surface area contributed by atoms with Crippen LogP contribution in [0.1, 0.15) is 32.3 Å². The van der Waals surface area contributed by atoms with E-state index in [1.165, 1.54) is 16.4 Å². The van der Waals surface area contributed by atoms with Crippen LogP contribution in [0.4, 0.5) is 10.1 Å². The molecule has 118 valence electrons. The second kappa shape index (κ2) is 6.48. The van der Waals surface area contributed by atoms with Crippen molar-refractivity contribution in [3.63, 3.8) is 0 Å². The smallest absolute Gasteiger partial charge is 0.264 e. The summed E-state index contributed by atoms with van der Waals surface area (Å²) in [6.07, 6.45) is 0. The van der Waals surface area contributed by atoms with Crippen LogP contribution in [0.15, 0.2) is 53.4 Å². The molecule has 0 unspecified atom stereocenters. The SMILES string of the molecule is CCN(c1ccc(C(C)C)cc1)S(=O)(=O)c1ccc(F)cc1. The minimum absolute atomic E-state index is 0.0867. The van der Waals surface area contributed by atoms with Crippen molar-refractivity contribution in [1.82, 2.24) is 0 Å². The highest BCUT2D eigenvalue weighted by Crippen LogP contribution is 2.25. The van der Waals surface area contributed by atoms with Crippen molar-refractivity contribution >= 4 is 15.7 Å². The summed E-state index contributed by atoms with van der Waals surface area (Å²) in [7, 11) is -3.69. The van der Waals surface area contributed by atoms with Gasteiger partial charge in [0, 0.05) is 6.54 Å². The molecule has 0 aliphatic carbocycles. The lowest BCUT2D eigenvalue weighted by molar-refractivity contribution is 0.590. The average molecular weight is 321 g/mol. The van der Waals surface area contributed by atoms with Gasteiger partial charge >= 0.3 is 0 Å². The van der Waals surface area contributed by atoms with Crippen molar-refractivity contribution in [1.29, 1.82) is 0 Å². The summed E-state index contributed by atoms with van der Waals surface area (Å²) < 4.78 is 39.7. The molecule has 0 aromatic heterocycles. The lowest BCUT2D eigenvalue weighted by Crippen LogP contribution is -2.30. The Balaban J connectivity index is 2.40. The molecular formula is C17H20FNO2S. The Bertz CT molecular complexity index is 722. The molecule has 0 atom stereocenters. The molecule has 0 saturated heterocycles. The van der Waals surface area contributed by atoms with Crippen molar-refractivity contribution in [2.24, 2.45) is 0 Å². The third-order valence-electron chi connectivity index (χ3n) is 3.54. The van der Waals surface area contributed by atoms with Crippen molar-refractivity contribution in [2.75, 3.05) is 10.8 Å². The van der Waals surface area contributed by atoms with Crippen LogP contribution in [0, 0.1) is 5.82 Å². The van der Waals surface area contributed by atoms with Crippen LogP contribution in [0.25, 0.3) is 0 Å². The van der Waals surface area contributed by atoms with Crippen molar-refractivity contribution in [3.8, 4) is 0 Å². The largest absolute Gasteiger partial charge is 0.267 e. The number of hydrogen-bond acceptors (Lipinski definition) is 2. The maximum absolute atomic E-state index is 13.0. The lowest BCUT2D eigenvalue weighted by atomic mass is 10.0. The van der Waals surface area contributed by atoms with Gasteiger partial charge in [0.15, 0.2) is 0 Å². The summed E-state index contributed by atoms with van der Waals surface area (Å²) in [6, 6.07) is 12.4. The van der Waals surface area contributed by atoms with Crippen LogP contribution in [-0.4, -0.2) is 15.0 Å². The molecule has 0 saturated carbocycles. The normalized spacial score (nSPS) is 11.7. The summed E-state index contributed by atoms with van der Waals surface area (Å²) in [5.74, 6) is -0.0684. The van der Waals surface area contributed by atoms with Gasteiger partial charge in [-0.15, -0.1) is 0 Å². The zero-order chi connectivity index (χ0) is 16.3. The topological polar surface area (TPSA) is 37.4 Å². The first-order chi connectivity index (χ1) is 10.4. The van der Waals surface area contributed by atoms with Gasteiger partial charge in [0.1, 0.15) is 5.82 Å². The number of sulfonamides is 1. The van der Waals surface area contributed by atoms with E-state index in [1.54, 1.807) is 19.1 Å². The molecule has 0 N–H and O–H groups in total. The Morgan fingerprint density at radius 2 is 1.55 bits per heavy atom. The van der Waals surface area contributed by atoms with Crippen molar-refractivity contribution < 1.29 is 12.8 Å². The van der Waals surface area contributed by atoms with Gasteiger partial charge in [-0.05, 0) is 54.8 Å². The zero-order valence-electron chi connectivity index (χ0n) is 13.0. The molecule has 2 rings (SSSR count). The molecule has 0 spiro atoms. The van der Waals surface area contributed by atoms with E-state index in [0.717, 1.165) is 17.7 Å². The van der Waals surface area contributed by atoms with E-state index in [9.17, 15) is 12.8 Å². The van der Waals surface area contributed by atoms with E-state index in [2.05, 4.69) is 13.8 Å². The Kier molecular flexibility index (Phi) is 4.86. The maximum Gasteiger partial charge on any atom is 0.264 e. The Hall–Kier alpha value is -1.88. The molecule has 0 aliphatic heterocycles. The maximum atomic E-state index is 13.0. The standard InChI is InChI=1S/C17H20FNO2S/c1-4-19(16-9-5-14(6-10-16)13(2)3)22(20,21)17-11-7-15(18)8-12-17/h5-13H,4H2,1-3H3. The van der Waals surface area contributed by atoms with E-state index < -0.39 is 15.8 Å². The van der Waals surface area contributed by atoms with E-state index in [1.807, 2.05) is 12.1 Å². The van der Waals surface area contributed by atoms with E-state index in [4.69, 9.17) is 0 Å². The summed E-state index contributed by atoms with van der Waals surface area (Å²) in [4.78, 5) is 0.0867. The fraction of sp³-hybridized carbons (Fsp3) is 0.294. The number of rotatable bonds is 5. The molecular weight excluding hydrogens is 301 g/mol. The molecule has 5 heteroatoms. The predicted octanol–water partition coefficient (Wildman–Crippen LogP) is 4.16. The highest BCUT2D eigenvalue weighted by molar-refractivity contribution is 7.92. The molecule has 2 aromatic carbocycles. The number of nitrogens with zero attached hydrogens (tertiary/aromatic N) is 1. The van der Waals surface area contributed by atoms with Gasteiger partial charge in [0.05, 0.1) is 10.6 Å². The minimum Gasteiger partial charge on any atom is -0.267 e. The van der Waals surface area contributed by atoms with Gasteiger partial charge < -0.3 is 0 Å². The van der Waals surface area contributed by atoms with E-state index in [-0.39, 0.29) is 4.90 Å². The van der Waals surface area contributed by atoms with Crippen LogP contribution >= 0.6 is 0 Å². The third kappa shape index (κ3) is 3.30. The van der Waals surface area contributed by atoms with Gasteiger partial charge in [-0.2, -0.15) is 0 Å². The average Bonchev–Trinajstić information content (AvgIpc) is 2.48. The van der Waals surface area contributed by atoms with Crippen LogP contribution in [0.2, 0.25) is 0 Å². The summed E-state index contributed by atoms with van der Waals surface area (Å²) >= 11 is 0. The van der Waals surface area contributed by atoms with E-state index in [0.29, 0.717) is 18.2 Å². The monoisotopic (exact) mass is 321 g/mol. The van der Waals surface area contributed by atoms with Gasteiger partial charge in [-0.1, -0.05) is 26.0 Å². The molecule has 0 amide bonds. The van der Waals surface area contributed by atoms with Gasteiger partial charge in [0.25, 0.3) is 10.0 Å². The quantitative estimate of drug-likeness (QED) is 0.829. The molecule has 0 fully saturated rings. The summed E-state index contributed by atoms with van der Waals surface area (Å²) in [6.45, 7) is 6.25. The van der Waals surface area contributed by atoms with E-state index >= 15 is 0 Å². The first-order valence-electron chi connectivity index (χ1n) is 7.24. The first kappa shape index (κ1) is 16.5. The minimum atomic E-state index is -3.69. The number of benzene rings is 2. The Morgan fingerprint density at radius 3 is 2.00 bits per heavy atom. The predicted molar refractivity (Wildman–Crippen MR) is 87.1 cm³/mol. The third-order valence-corrected chi connectivity index (χ3v) is 5.45. The van der Waals surface area contributed by atoms with Gasteiger partial charge in [0.2, 0.25) is 0 Å². The molecule has 3 nitrogen and oxygen atoms in total. The van der Waals surface area contributed by atoms with Crippen LogP contribution in [-0.2, 0) is 10.0 Å². The van der Waals surface area contributed by atoms with Crippen molar-refractivity contribution in [3.05, 3.63) is 59.9 Å². The highest BCUT2D eigenvalue weighted by Gasteiger charge is 2.23. The van der Waals surface area contributed by atoms with Gasteiger partial charge in [-0.25, -0.2) is 12.8 Å². The number of anilines is 1. The molecule has 0 aliphatic rings. The second-order valence-corrected chi connectivity index (χ2v) is 7.23. The molecule has 22 heavy (non-hydrogen) atoms. The molecule has 0 bridgehead atoms. The second-order valence-electron chi connectivity index (χ2n) is 5.37. The lowest BCUT2D eigenvalue weighted by Gasteiger charge is -2.23. The Morgan fingerprint density at radius 1 is 1.00 bits per heavy atom. The fourth-order valence-corrected chi connectivity index (χ4v) is 3.72. The van der Waals surface area contributed by atoms with Gasteiger partial charge in [-0.3, -0.25) is 4.31 Å². The number of hydrogen-bond donors (Lipinski definition) is 0. The molecule has 2 aromatic rings. The highest BCUT2D eigenvalue weighted by atomic mass is 32.2.